The van der Waals surface area contributed by atoms with Gasteiger partial charge in [-0.25, -0.2) is 0 Å². The Labute approximate surface area is 102 Å². The predicted molar refractivity (Wildman–Crippen MR) is 63.8 cm³/mol. The average molecular weight is 250 g/mol. The van der Waals surface area contributed by atoms with Crippen LogP contribution in [-0.2, 0) is 0 Å². The van der Waals surface area contributed by atoms with Crippen molar-refractivity contribution < 1.29 is 13.7 Å². The summed E-state index contributed by atoms with van der Waals surface area (Å²) in [6, 6.07) is 7.10. The van der Waals surface area contributed by atoms with Gasteiger partial charge >= 0.3 is 5.69 Å². The lowest BCUT2D eigenvalue weighted by molar-refractivity contribution is -0.386. The Morgan fingerprint density at radius 2 is 2.17 bits per heavy atom. The van der Waals surface area contributed by atoms with Crippen LogP contribution in [0.1, 0.15) is 18.7 Å². The SMILES string of the molecule is CC(Nc1cccc(F)c1[N+](=O)[O-])c1ccco1. The minimum atomic E-state index is -0.864. The van der Waals surface area contributed by atoms with E-state index >= 15 is 0 Å². The van der Waals surface area contributed by atoms with Crippen LogP contribution < -0.4 is 5.32 Å². The van der Waals surface area contributed by atoms with Crippen LogP contribution in [0.25, 0.3) is 0 Å². The molecular weight excluding hydrogens is 239 g/mol. The number of nitrogens with one attached hydrogen (secondary N) is 1. The molecule has 0 aliphatic heterocycles. The van der Waals surface area contributed by atoms with E-state index in [0.717, 1.165) is 6.07 Å². The third kappa shape index (κ3) is 2.32. The molecule has 0 radical (unpaired) electrons. The fourth-order valence-electron chi connectivity index (χ4n) is 1.66. The summed E-state index contributed by atoms with van der Waals surface area (Å²) in [6.45, 7) is 1.77. The number of anilines is 1. The third-order valence-electron chi connectivity index (χ3n) is 2.51. The zero-order valence-corrected chi connectivity index (χ0v) is 9.59. The van der Waals surface area contributed by atoms with Crippen LogP contribution in [0.3, 0.4) is 0 Å². The Bertz CT molecular complexity index is 554. The Kier molecular flexibility index (Phi) is 3.27. The molecule has 0 saturated carbocycles. The lowest BCUT2D eigenvalue weighted by Gasteiger charge is -2.13. The predicted octanol–water partition coefficient (Wildman–Crippen LogP) is 3.50. The van der Waals surface area contributed by atoms with E-state index in [2.05, 4.69) is 5.32 Å². The molecule has 1 aromatic heterocycles. The van der Waals surface area contributed by atoms with Gasteiger partial charge in [0.25, 0.3) is 0 Å². The van der Waals surface area contributed by atoms with E-state index in [0.29, 0.717) is 5.76 Å². The van der Waals surface area contributed by atoms with Crippen LogP contribution in [0, 0.1) is 15.9 Å². The molecule has 18 heavy (non-hydrogen) atoms. The number of rotatable bonds is 4. The van der Waals surface area contributed by atoms with E-state index in [9.17, 15) is 14.5 Å². The molecule has 1 unspecified atom stereocenters. The van der Waals surface area contributed by atoms with Gasteiger partial charge in [-0.1, -0.05) is 6.07 Å². The van der Waals surface area contributed by atoms with E-state index in [-0.39, 0.29) is 11.7 Å². The molecule has 5 nitrogen and oxygen atoms in total. The lowest BCUT2D eigenvalue weighted by Crippen LogP contribution is -2.08. The van der Waals surface area contributed by atoms with Gasteiger partial charge in [0, 0.05) is 0 Å². The summed E-state index contributed by atoms with van der Waals surface area (Å²) in [5, 5.41) is 13.7. The van der Waals surface area contributed by atoms with Gasteiger partial charge in [0.2, 0.25) is 5.82 Å². The Morgan fingerprint density at radius 3 is 2.78 bits per heavy atom. The molecule has 0 fully saturated rings. The van der Waals surface area contributed by atoms with Crippen molar-refractivity contribution in [3.05, 3.63) is 58.3 Å². The maximum Gasteiger partial charge on any atom is 0.327 e. The number of nitro groups is 1. The maximum absolute atomic E-state index is 13.4. The van der Waals surface area contributed by atoms with Gasteiger partial charge in [0.05, 0.1) is 17.2 Å². The second-order valence-corrected chi connectivity index (χ2v) is 3.77. The van der Waals surface area contributed by atoms with Crippen molar-refractivity contribution in [3.8, 4) is 0 Å². The summed E-state index contributed by atoms with van der Waals surface area (Å²) in [7, 11) is 0. The number of benzene rings is 1. The zero-order valence-electron chi connectivity index (χ0n) is 9.59. The Balaban J connectivity index is 2.29. The normalized spacial score (nSPS) is 12.1. The van der Waals surface area contributed by atoms with Gasteiger partial charge in [-0.05, 0) is 31.2 Å². The first-order valence-corrected chi connectivity index (χ1v) is 5.32. The molecule has 6 heteroatoms. The molecule has 2 aromatic rings. The molecule has 0 spiro atoms. The van der Waals surface area contributed by atoms with Crippen LogP contribution in [0.15, 0.2) is 41.0 Å². The van der Waals surface area contributed by atoms with Crippen LogP contribution in [0.2, 0.25) is 0 Å². The van der Waals surface area contributed by atoms with E-state index in [1.807, 2.05) is 0 Å². The number of nitro benzene ring substituents is 1. The third-order valence-corrected chi connectivity index (χ3v) is 2.51. The molecule has 0 amide bonds. The molecule has 0 aliphatic carbocycles. The van der Waals surface area contributed by atoms with Gasteiger partial charge in [-0.15, -0.1) is 0 Å². The van der Waals surface area contributed by atoms with Crippen molar-refractivity contribution in [3.63, 3.8) is 0 Å². The van der Waals surface area contributed by atoms with Crippen molar-refractivity contribution in [2.24, 2.45) is 0 Å². The van der Waals surface area contributed by atoms with Crippen LogP contribution in [0.4, 0.5) is 15.8 Å². The van der Waals surface area contributed by atoms with Crippen molar-refractivity contribution in [1.82, 2.24) is 0 Å². The molecule has 94 valence electrons. The van der Waals surface area contributed by atoms with Crippen molar-refractivity contribution in [2.75, 3.05) is 5.32 Å². The number of hydrogen-bond donors (Lipinski definition) is 1. The molecule has 0 aliphatic rings. The largest absolute Gasteiger partial charge is 0.467 e. The minimum Gasteiger partial charge on any atom is -0.467 e. The number of hydrogen-bond acceptors (Lipinski definition) is 4. The average Bonchev–Trinajstić information content (AvgIpc) is 2.81. The highest BCUT2D eigenvalue weighted by atomic mass is 19.1. The highest BCUT2D eigenvalue weighted by Crippen LogP contribution is 2.30. The van der Waals surface area contributed by atoms with E-state index in [1.165, 1.54) is 18.4 Å². The maximum atomic E-state index is 13.4. The smallest absolute Gasteiger partial charge is 0.327 e. The van der Waals surface area contributed by atoms with E-state index < -0.39 is 16.4 Å². The van der Waals surface area contributed by atoms with E-state index in [1.54, 1.807) is 19.1 Å². The van der Waals surface area contributed by atoms with Gasteiger partial charge in [0.15, 0.2) is 0 Å². The summed E-state index contributed by atoms with van der Waals surface area (Å²) < 4.78 is 18.6. The first-order valence-electron chi connectivity index (χ1n) is 5.32. The first kappa shape index (κ1) is 12.1. The standard InChI is InChI=1S/C12H11FN2O3/c1-8(11-6-3-7-18-11)14-10-5-2-4-9(13)12(10)15(16)17/h2-8,14H,1H3. The van der Waals surface area contributed by atoms with Crippen molar-refractivity contribution >= 4 is 11.4 Å². The first-order chi connectivity index (χ1) is 8.59. The fourth-order valence-corrected chi connectivity index (χ4v) is 1.66. The van der Waals surface area contributed by atoms with Gasteiger partial charge in [0.1, 0.15) is 11.4 Å². The molecule has 2 rings (SSSR count). The monoisotopic (exact) mass is 250 g/mol. The second kappa shape index (κ2) is 4.87. The zero-order chi connectivity index (χ0) is 13.1. The molecule has 1 atom stereocenters. The quantitative estimate of drug-likeness (QED) is 0.666. The summed E-state index contributed by atoms with van der Waals surface area (Å²) in [6.07, 6.45) is 1.51. The Hall–Kier alpha value is -2.37. The van der Waals surface area contributed by atoms with E-state index in [4.69, 9.17) is 4.42 Å². The van der Waals surface area contributed by atoms with Crippen LogP contribution >= 0.6 is 0 Å². The highest BCUT2D eigenvalue weighted by Gasteiger charge is 2.21. The number of nitrogens with zero attached hydrogens (tertiary/aromatic N) is 1. The molecule has 1 heterocycles. The number of furan rings is 1. The summed E-state index contributed by atoms with van der Waals surface area (Å²) in [5.74, 6) is -0.245. The van der Waals surface area contributed by atoms with Gasteiger partial charge in [-0.2, -0.15) is 4.39 Å². The molecule has 0 bridgehead atoms. The van der Waals surface area contributed by atoms with Gasteiger partial charge < -0.3 is 9.73 Å². The fraction of sp³-hybridized carbons (Fsp3) is 0.167. The highest BCUT2D eigenvalue weighted by molar-refractivity contribution is 5.62. The number of halogens is 1. The van der Waals surface area contributed by atoms with Crippen LogP contribution in [-0.4, -0.2) is 4.92 Å². The molecule has 1 aromatic carbocycles. The Morgan fingerprint density at radius 1 is 1.39 bits per heavy atom. The topological polar surface area (TPSA) is 68.3 Å². The lowest BCUT2D eigenvalue weighted by atomic mass is 10.2. The summed E-state index contributed by atoms with van der Waals surface area (Å²) in [5.41, 5.74) is -0.431. The van der Waals surface area contributed by atoms with Crippen LogP contribution in [0.5, 0.6) is 0 Å². The molecule has 0 saturated heterocycles. The van der Waals surface area contributed by atoms with Crippen molar-refractivity contribution in [1.29, 1.82) is 0 Å². The summed E-state index contributed by atoms with van der Waals surface area (Å²) in [4.78, 5) is 10.1. The van der Waals surface area contributed by atoms with Crippen molar-refractivity contribution in [2.45, 2.75) is 13.0 Å². The molecule has 1 N–H and O–H groups in total. The minimum absolute atomic E-state index is 0.129. The number of para-hydroxylation sites is 1. The summed E-state index contributed by atoms with van der Waals surface area (Å²) >= 11 is 0. The second-order valence-electron chi connectivity index (χ2n) is 3.77. The molecular formula is C12H11FN2O3. The van der Waals surface area contributed by atoms with Gasteiger partial charge in [-0.3, -0.25) is 10.1 Å².